The lowest BCUT2D eigenvalue weighted by Crippen LogP contribution is -2.14. The molecule has 0 saturated carbocycles. The summed E-state index contributed by atoms with van der Waals surface area (Å²) in [6, 6.07) is 12.1. The van der Waals surface area contributed by atoms with Crippen molar-refractivity contribution in [1.82, 2.24) is 4.98 Å². The van der Waals surface area contributed by atoms with Gasteiger partial charge in [0, 0.05) is 11.6 Å². The zero-order valence-corrected chi connectivity index (χ0v) is 16.4. The molecule has 1 aromatic heterocycles. The van der Waals surface area contributed by atoms with E-state index in [0.717, 1.165) is 12.1 Å². The van der Waals surface area contributed by atoms with Gasteiger partial charge in [-0.15, -0.1) is 0 Å². The maximum Gasteiger partial charge on any atom is 0.433 e. The second-order valence-corrected chi connectivity index (χ2v) is 7.05. The molecule has 0 amide bonds. The molecule has 0 atom stereocenters. The van der Waals surface area contributed by atoms with Crippen molar-refractivity contribution < 1.29 is 23.0 Å². The van der Waals surface area contributed by atoms with Crippen LogP contribution in [0.2, 0.25) is 0 Å². The van der Waals surface area contributed by atoms with E-state index in [4.69, 9.17) is 0 Å². The number of rotatable bonds is 5. The summed E-state index contributed by atoms with van der Waals surface area (Å²) in [4.78, 5) is 24.5. The van der Waals surface area contributed by atoms with Crippen LogP contribution in [0.25, 0.3) is 22.4 Å². The van der Waals surface area contributed by atoms with E-state index in [0.29, 0.717) is 17.2 Å². The van der Waals surface area contributed by atoms with Gasteiger partial charge >= 0.3 is 6.18 Å². The third-order valence-electron chi connectivity index (χ3n) is 4.67. The van der Waals surface area contributed by atoms with Crippen LogP contribution in [0.4, 0.5) is 24.5 Å². The van der Waals surface area contributed by atoms with Gasteiger partial charge in [-0.2, -0.15) is 13.2 Å². The zero-order chi connectivity index (χ0) is 22.9. The van der Waals surface area contributed by atoms with Gasteiger partial charge in [-0.3, -0.25) is 20.2 Å². The molecule has 2 aromatic carbocycles. The standard InChI is InChI=1S/C21H16F3N3O4/c1-12(2)16-11-17(15-9-8-14(26(28)29)10-18(15)27(30)31)25-20(21(22,23)24)19(16)13-6-4-3-5-7-13/h3-12H,1-2H3. The SMILES string of the molecule is CC(C)c1cc(-c2ccc([N+](=O)[O-])cc2[N+](=O)[O-])nc(C(F)(F)F)c1-c1ccccc1. The van der Waals surface area contributed by atoms with Crippen LogP contribution in [0, 0.1) is 20.2 Å². The van der Waals surface area contributed by atoms with Crippen molar-refractivity contribution in [1.29, 1.82) is 0 Å². The molecule has 160 valence electrons. The van der Waals surface area contributed by atoms with Gasteiger partial charge in [0.2, 0.25) is 0 Å². The normalized spacial score (nSPS) is 11.5. The summed E-state index contributed by atoms with van der Waals surface area (Å²) in [5.41, 5.74) is -2.41. The summed E-state index contributed by atoms with van der Waals surface area (Å²) in [6.07, 6.45) is -4.83. The van der Waals surface area contributed by atoms with Crippen LogP contribution in [0.3, 0.4) is 0 Å². The summed E-state index contributed by atoms with van der Waals surface area (Å²) in [5, 5.41) is 22.5. The van der Waals surface area contributed by atoms with E-state index >= 15 is 0 Å². The van der Waals surface area contributed by atoms with Gasteiger partial charge in [0.05, 0.1) is 27.2 Å². The Morgan fingerprint density at radius 2 is 1.58 bits per heavy atom. The van der Waals surface area contributed by atoms with Crippen molar-refractivity contribution in [3.05, 3.63) is 86.1 Å². The lowest BCUT2D eigenvalue weighted by molar-refractivity contribution is -0.393. The number of hydrogen-bond acceptors (Lipinski definition) is 5. The fourth-order valence-electron chi connectivity index (χ4n) is 3.27. The highest BCUT2D eigenvalue weighted by Crippen LogP contribution is 2.43. The Labute approximate surface area is 174 Å². The first kappa shape index (κ1) is 21.9. The number of halogens is 3. The van der Waals surface area contributed by atoms with Crippen molar-refractivity contribution in [3.8, 4) is 22.4 Å². The van der Waals surface area contributed by atoms with Crippen molar-refractivity contribution in [3.63, 3.8) is 0 Å². The number of pyridine rings is 1. The first-order valence-corrected chi connectivity index (χ1v) is 9.11. The largest absolute Gasteiger partial charge is 0.433 e. The van der Waals surface area contributed by atoms with Crippen LogP contribution < -0.4 is 0 Å². The summed E-state index contributed by atoms with van der Waals surface area (Å²) >= 11 is 0. The van der Waals surface area contributed by atoms with Crippen LogP contribution in [0.5, 0.6) is 0 Å². The molecular formula is C21H16F3N3O4. The number of benzene rings is 2. The molecule has 0 fully saturated rings. The number of nitro benzene ring substituents is 2. The zero-order valence-electron chi connectivity index (χ0n) is 16.4. The van der Waals surface area contributed by atoms with Gasteiger partial charge in [-0.25, -0.2) is 4.98 Å². The third kappa shape index (κ3) is 4.37. The number of aromatic nitrogens is 1. The van der Waals surface area contributed by atoms with Gasteiger partial charge < -0.3 is 0 Å². The lowest BCUT2D eigenvalue weighted by atomic mass is 9.89. The molecule has 0 N–H and O–H groups in total. The van der Waals surface area contributed by atoms with Crippen LogP contribution >= 0.6 is 0 Å². The Kier molecular flexibility index (Phi) is 5.74. The highest BCUT2D eigenvalue weighted by molar-refractivity contribution is 5.78. The molecule has 0 spiro atoms. The van der Waals surface area contributed by atoms with Gasteiger partial charge in [0.15, 0.2) is 5.69 Å². The van der Waals surface area contributed by atoms with Gasteiger partial charge in [-0.1, -0.05) is 44.2 Å². The van der Waals surface area contributed by atoms with Crippen LogP contribution in [-0.2, 0) is 6.18 Å². The maximum atomic E-state index is 14.0. The topological polar surface area (TPSA) is 99.2 Å². The van der Waals surface area contributed by atoms with E-state index in [2.05, 4.69) is 4.98 Å². The Morgan fingerprint density at radius 1 is 0.935 bits per heavy atom. The van der Waals surface area contributed by atoms with Crippen molar-refractivity contribution in [2.24, 2.45) is 0 Å². The second-order valence-electron chi connectivity index (χ2n) is 7.05. The molecular weight excluding hydrogens is 415 g/mol. The number of nitrogens with zero attached hydrogens (tertiary/aromatic N) is 3. The molecule has 3 aromatic rings. The first-order valence-electron chi connectivity index (χ1n) is 9.11. The summed E-state index contributed by atoms with van der Waals surface area (Å²) in [6.45, 7) is 3.41. The average Bonchev–Trinajstić information content (AvgIpc) is 2.72. The number of nitro groups is 2. The molecule has 0 saturated heterocycles. The first-order chi connectivity index (χ1) is 14.5. The van der Waals surface area contributed by atoms with Crippen molar-refractivity contribution in [2.75, 3.05) is 0 Å². The van der Waals surface area contributed by atoms with Crippen LogP contribution in [0.1, 0.15) is 31.0 Å². The molecule has 1 heterocycles. The van der Waals surface area contributed by atoms with Gasteiger partial charge in [0.25, 0.3) is 11.4 Å². The van der Waals surface area contributed by atoms with Gasteiger partial charge in [0.1, 0.15) is 0 Å². The Hall–Kier alpha value is -3.82. The number of alkyl halides is 3. The van der Waals surface area contributed by atoms with E-state index in [9.17, 15) is 33.4 Å². The maximum absolute atomic E-state index is 14.0. The Bertz CT molecular complexity index is 1160. The summed E-state index contributed by atoms with van der Waals surface area (Å²) in [7, 11) is 0. The number of hydrogen-bond donors (Lipinski definition) is 0. The summed E-state index contributed by atoms with van der Waals surface area (Å²) < 4.78 is 42.0. The van der Waals surface area contributed by atoms with E-state index in [1.807, 2.05) is 0 Å². The van der Waals surface area contributed by atoms with E-state index < -0.39 is 33.1 Å². The van der Waals surface area contributed by atoms with Crippen LogP contribution in [0.15, 0.2) is 54.6 Å². The molecule has 0 radical (unpaired) electrons. The molecule has 0 aliphatic heterocycles. The van der Waals surface area contributed by atoms with E-state index in [-0.39, 0.29) is 22.7 Å². The highest BCUT2D eigenvalue weighted by Gasteiger charge is 2.38. The number of non-ortho nitro benzene ring substituents is 1. The minimum atomic E-state index is -4.83. The molecule has 10 heteroatoms. The minimum absolute atomic E-state index is 0.101. The molecule has 0 aliphatic rings. The van der Waals surface area contributed by atoms with Crippen molar-refractivity contribution in [2.45, 2.75) is 25.9 Å². The quantitative estimate of drug-likeness (QED) is 0.345. The third-order valence-corrected chi connectivity index (χ3v) is 4.67. The van der Waals surface area contributed by atoms with Crippen molar-refractivity contribution >= 4 is 11.4 Å². The Morgan fingerprint density at radius 3 is 2.10 bits per heavy atom. The fraction of sp³-hybridized carbons (Fsp3) is 0.190. The molecule has 0 unspecified atom stereocenters. The summed E-state index contributed by atoms with van der Waals surface area (Å²) in [5.74, 6) is -0.366. The molecule has 7 nitrogen and oxygen atoms in total. The average molecular weight is 431 g/mol. The monoisotopic (exact) mass is 431 g/mol. The molecule has 0 aliphatic carbocycles. The van der Waals surface area contributed by atoms with E-state index in [1.165, 1.54) is 18.2 Å². The smallest absolute Gasteiger partial charge is 0.258 e. The Balaban J connectivity index is 2.38. The lowest BCUT2D eigenvalue weighted by Gasteiger charge is -2.20. The second kappa shape index (κ2) is 8.13. The molecule has 3 rings (SSSR count). The van der Waals surface area contributed by atoms with Crippen LogP contribution in [-0.4, -0.2) is 14.8 Å². The predicted molar refractivity (Wildman–Crippen MR) is 108 cm³/mol. The molecule has 0 bridgehead atoms. The van der Waals surface area contributed by atoms with Gasteiger partial charge in [-0.05, 0) is 29.2 Å². The highest BCUT2D eigenvalue weighted by atomic mass is 19.4. The molecule has 31 heavy (non-hydrogen) atoms. The predicted octanol–water partition coefficient (Wildman–Crippen LogP) is 6.37. The van der Waals surface area contributed by atoms with E-state index in [1.54, 1.807) is 32.0 Å². The minimum Gasteiger partial charge on any atom is -0.258 e. The fourth-order valence-corrected chi connectivity index (χ4v) is 3.27.